The SMILES string of the molecule is NC1CCC(Nc2ncc3cc(-c4ccc(NS(=O)(=O)c5ccccc5Cl)c(F)c4F)ccc3n2)CC1. The number of nitrogens with one attached hydrogen (secondary N) is 2. The van der Waals surface area contributed by atoms with Crippen molar-refractivity contribution in [2.24, 2.45) is 5.73 Å². The number of fused-ring (bicyclic) bond motifs is 1. The standard InChI is InChI=1S/C26H24ClF2N5O2S/c27-20-3-1-2-4-23(20)37(35,36)34-22-12-10-19(24(28)25(22)29)15-5-11-21-16(13-15)14-31-26(33-21)32-18-8-6-17(30)7-9-18/h1-5,10-14,17-18,34H,6-9,30H2,(H,31,32,33). The number of nitrogens with zero attached hydrogens (tertiary/aromatic N) is 2. The van der Waals surface area contributed by atoms with Crippen LogP contribution in [-0.2, 0) is 10.0 Å². The Balaban J connectivity index is 1.38. The Morgan fingerprint density at radius 3 is 2.49 bits per heavy atom. The lowest BCUT2D eigenvalue weighted by Gasteiger charge is -2.26. The molecule has 1 aromatic heterocycles. The van der Waals surface area contributed by atoms with Crippen molar-refractivity contribution in [3.05, 3.63) is 77.5 Å². The first kappa shape index (κ1) is 25.3. The van der Waals surface area contributed by atoms with Crippen LogP contribution in [0.3, 0.4) is 0 Å². The van der Waals surface area contributed by atoms with E-state index in [1.54, 1.807) is 30.5 Å². The molecule has 1 fully saturated rings. The van der Waals surface area contributed by atoms with E-state index in [1.165, 1.54) is 30.3 Å². The lowest BCUT2D eigenvalue weighted by atomic mass is 9.92. The van der Waals surface area contributed by atoms with E-state index in [0.29, 0.717) is 22.4 Å². The van der Waals surface area contributed by atoms with Crippen molar-refractivity contribution in [2.45, 2.75) is 42.7 Å². The maximum Gasteiger partial charge on any atom is 0.263 e. The van der Waals surface area contributed by atoms with Gasteiger partial charge in [-0.2, -0.15) is 0 Å². The Hall–Kier alpha value is -3.34. The summed E-state index contributed by atoms with van der Waals surface area (Å²) in [6.45, 7) is 0. The quantitative estimate of drug-likeness (QED) is 0.287. The highest BCUT2D eigenvalue weighted by molar-refractivity contribution is 7.92. The Labute approximate surface area is 218 Å². The summed E-state index contributed by atoms with van der Waals surface area (Å²) < 4.78 is 57.4. The second kappa shape index (κ2) is 10.2. The van der Waals surface area contributed by atoms with Crippen LogP contribution in [0.15, 0.2) is 65.7 Å². The van der Waals surface area contributed by atoms with Crippen molar-refractivity contribution in [1.82, 2.24) is 9.97 Å². The molecule has 0 spiro atoms. The molecule has 1 saturated carbocycles. The van der Waals surface area contributed by atoms with Gasteiger partial charge in [0, 0.05) is 29.2 Å². The molecule has 0 radical (unpaired) electrons. The van der Waals surface area contributed by atoms with E-state index in [4.69, 9.17) is 17.3 Å². The molecule has 5 rings (SSSR count). The van der Waals surface area contributed by atoms with Gasteiger partial charge >= 0.3 is 0 Å². The molecule has 0 bridgehead atoms. The molecule has 4 aromatic rings. The summed E-state index contributed by atoms with van der Waals surface area (Å²) in [5, 5.41) is 3.96. The minimum absolute atomic E-state index is 0.0270. The molecular formula is C26H24ClF2N5O2S. The summed E-state index contributed by atoms with van der Waals surface area (Å²) in [7, 11) is -4.22. The smallest absolute Gasteiger partial charge is 0.263 e. The molecule has 1 aliphatic carbocycles. The van der Waals surface area contributed by atoms with Gasteiger partial charge in [0.05, 0.1) is 16.2 Å². The van der Waals surface area contributed by atoms with E-state index in [-0.39, 0.29) is 27.6 Å². The van der Waals surface area contributed by atoms with Crippen LogP contribution in [0.5, 0.6) is 0 Å². The van der Waals surface area contributed by atoms with Gasteiger partial charge < -0.3 is 11.1 Å². The number of aromatic nitrogens is 2. The number of hydrogen-bond donors (Lipinski definition) is 3. The van der Waals surface area contributed by atoms with Crippen LogP contribution in [0.25, 0.3) is 22.0 Å². The topological polar surface area (TPSA) is 110 Å². The van der Waals surface area contributed by atoms with Gasteiger partial charge in [-0.1, -0.05) is 29.8 Å². The average molecular weight is 544 g/mol. The molecule has 1 aliphatic rings. The minimum Gasteiger partial charge on any atom is -0.351 e. The highest BCUT2D eigenvalue weighted by atomic mass is 35.5. The van der Waals surface area contributed by atoms with E-state index >= 15 is 4.39 Å². The lowest BCUT2D eigenvalue weighted by molar-refractivity contribution is 0.410. The second-order valence-corrected chi connectivity index (χ2v) is 11.1. The van der Waals surface area contributed by atoms with Crippen molar-refractivity contribution in [3.63, 3.8) is 0 Å². The second-order valence-electron chi connectivity index (χ2n) is 9.05. The number of nitrogens with two attached hydrogens (primary N) is 1. The van der Waals surface area contributed by atoms with Crippen molar-refractivity contribution in [2.75, 3.05) is 10.0 Å². The van der Waals surface area contributed by atoms with Gasteiger partial charge in [-0.3, -0.25) is 4.72 Å². The van der Waals surface area contributed by atoms with E-state index in [1.807, 2.05) is 0 Å². The largest absolute Gasteiger partial charge is 0.351 e. The zero-order valence-electron chi connectivity index (χ0n) is 19.6. The summed E-state index contributed by atoms with van der Waals surface area (Å²) in [4.78, 5) is 8.68. The molecule has 0 amide bonds. The van der Waals surface area contributed by atoms with Crippen LogP contribution < -0.4 is 15.8 Å². The normalized spacial score (nSPS) is 18.1. The molecule has 0 atom stereocenters. The van der Waals surface area contributed by atoms with E-state index in [2.05, 4.69) is 20.0 Å². The number of rotatable bonds is 6. The summed E-state index contributed by atoms with van der Waals surface area (Å²) in [6.07, 6.45) is 5.45. The molecule has 11 heteroatoms. The Bertz CT molecular complexity index is 1580. The van der Waals surface area contributed by atoms with Gasteiger partial charge in [0.2, 0.25) is 5.95 Å². The van der Waals surface area contributed by atoms with E-state index in [9.17, 15) is 12.8 Å². The van der Waals surface area contributed by atoms with Crippen LogP contribution in [0.4, 0.5) is 20.4 Å². The average Bonchev–Trinajstić information content (AvgIpc) is 2.88. The number of hydrogen-bond acceptors (Lipinski definition) is 6. The molecular weight excluding hydrogens is 520 g/mol. The summed E-state index contributed by atoms with van der Waals surface area (Å²) >= 11 is 5.96. The van der Waals surface area contributed by atoms with Gasteiger partial charge in [-0.05, 0) is 67.6 Å². The van der Waals surface area contributed by atoms with Crippen LogP contribution >= 0.6 is 11.6 Å². The van der Waals surface area contributed by atoms with Crippen LogP contribution in [0.2, 0.25) is 5.02 Å². The molecule has 0 saturated heterocycles. The zero-order chi connectivity index (χ0) is 26.2. The van der Waals surface area contributed by atoms with Gasteiger partial charge in [0.1, 0.15) is 4.90 Å². The fourth-order valence-electron chi connectivity index (χ4n) is 4.43. The molecule has 0 unspecified atom stereocenters. The molecule has 0 aliphatic heterocycles. The van der Waals surface area contributed by atoms with Gasteiger partial charge in [-0.15, -0.1) is 0 Å². The molecule has 37 heavy (non-hydrogen) atoms. The van der Waals surface area contributed by atoms with Crippen LogP contribution in [-0.4, -0.2) is 30.5 Å². The van der Waals surface area contributed by atoms with Gasteiger partial charge in [0.25, 0.3) is 10.0 Å². The summed E-state index contributed by atoms with van der Waals surface area (Å²) in [6, 6.07) is 13.7. The van der Waals surface area contributed by atoms with Crippen LogP contribution in [0.1, 0.15) is 25.7 Å². The molecule has 192 valence electrons. The monoisotopic (exact) mass is 543 g/mol. The molecule has 3 aromatic carbocycles. The third kappa shape index (κ3) is 5.36. The third-order valence-corrected chi connectivity index (χ3v) is 8.31. The van der Waals surface area contributed by atoms with Gasteiger partial charge in [-0.25, -0.2) is 27.2 Å². The fraction of sp³-hybridized carbons (Fsp3) is 0.231. The number of halogens is 3. The Kier molecular flexibility index (Phi) is 6.98. The van der Waals surface area contributed by atoms with Crippen molar-refractivity contribution in [1.29, 1.82) is 0 Å². The molecule has 1 heterocycles. The predicted octanol–water partition coefficient (Wildman–Crippen LogP) is 5.71. The summed E-state index contributed by atoms with van der Waals surface area (Å²) in [5.41, 5.74) is 6.47. The van der Waals surface area contributed by atoms with Crippen molar-refractivity contribution < 1.29 is 17.2 Å². The van der Waals surface area contributed by atoms with E-state index < -0.39 is 27.3 Å². The van der Waals surface area contributed by atoms with Crippen LogP contribution in [0, 0.1) is 11.6 Å². The first-order chi connectivity index (χ1) is 17.7. The predicted molar refractivity (Wildman–Crippen MR) is 141 cm³/mol. The highest BCUT2D eigenvalue weighted by Crippen LogP contribution is 2.32. The Morgan fingerprint density at radius 1 is 0.973 bits per heavy atom. The number of benzene rings is 3. The number of anilines is 2. The zero-order valence-corrected chi connectivity index (χ0v) is 21.2. The summed E-state index contributed by atoms with van der Waals surface area (Å²) in [5.74, 6) is -2.00. The van der Waals surface area contributed by atoms with Crippen molar-refractivity contribution in [3.8, 4) is 11.1 Å². The maximum atomic E-state index is 15.1. The minimum atomic E-state index is -4.22. The van der Waals surface area contributed by atoms with E-state index in [0.717, 1.165) is 25.7 Å². The highest BCUT2D eigenvalue weighted by Gasteiger charge is 2.23. The lowest BCUT2D eigenvalue weighted by Crippen LogP contribution is -2.33. The first-order valence-electron chi connectivity index (χ1n) is 11.8. The molecule has 4 N–H and O–H groups in total. The van der Waals surface area contributed by atoms with Gasteiger partial charge in [0.15, 0.2) is 11.6 Å². The Morgan fingerprint density at radius 2 is 1.73 bits per heavy atom. The first-order valence-corrected chi connectivity index (χ1v) is 13.6. The molecule has 7 nitrogen and oxygen atoms in total. The van der Waals surface area contributed by atoms with Crippen molar-refractivity contribution >= 4 is 44.2 Å². The fourth-order valence-corrected chi connectivity index (χ4v) is 6.01. The maximum absolute atomic E-state index is 15.1. The third-order valence-electron chi connectivity index (χ3n) is 6.45. The number of sulfonamides is 1.